The maximum Gasteiger partial charge on any atom is 0.141 e. The molecule has 0 fully saturated rings. The van der Waals surface area contributed by atoms with Gasteiger partial charge in [0.2, 0.25) is 0 Å². The predicted octanol–water partition coefficient (Wildman–Crippen LogP) is 1.87. The Morgan fingerprint density at radius 2 is 2.38 bits per heavy atom. The predicted molar refractivity (Wildman–Crippen MR) is 56.3 cm³/mol. The van der Waals surface area contributed by atoms with Crippen LogP contribution in [0.4, 0.5) is 0 Å². The zero-order chi connectivity index (χ0) is 9.68. The van der Waals surface area contributed by atoms with E-state index in [9.17, 15) is 0 Å². The third-order valence-electron chi connectivity index (χ3n) is 1.45. The molecule has 4 heteroatoms. The Hall–Kier alpha value is -1.03. The number of hydrogen-bond donors (Lipinski definition) is 2. The Balaban J connectivity index is 2.73. The molecule has 3 N–H and O–H groups in total. The minimum Gasteiger partial charge on any atom is -0.382 e. The quantitative estimate of drug-likeness (QED) is 0.438. The van der Waals surface area contributed by atoms with Gasteiger partial charge in [0.15, 0.2) is 0 Å². The van der Waals surface area contributed by atoms with Crippen molar-refractivity contribution < 1.29 is 0 Å². The van der Waals surface area contributed by atoms with E-state index in [1.165, 1.54) is 0 Å². The molecule has 0 bridgehead atoms. The van der Waals surface area contributed by atoms with E-state index in [4.69, 9.17) is 11.1 Å². The molecule has 0 aliphatic carbocycles. The van der Waals surface area contributed by atoms with Crippen LogP contribution in [-0.2, 0) is 0 Å². The minimum absolute atomic E-state index is 0.0268. The van der Waals surface area contributed by atoms with E-state index in [0.717, 1.165) is 17.2 Å². The molecule has 0 radical (unpaired) electrons. The molecule has 0 spiro atoms. The second-order valence-electron chi connectivity index (χ2n) is 2.62. The van der Waals surface area contributed by atoms with Crippen LogP contribution < -0.4 is 5.73 Å². The normalized spacial score (nSPS) is 9.92. The Morgan fingerprint density at radius 3 is 3.00 bits per heavy atom. The summed E-state index contributed by atoms with van der Waals surface area (Å²) in [4.78, 5) is 4.22. The summed E-state index contributed by atoms with van der Waals surface area (Å²) >= 11 is 1.69. The first kappa shape index (κ1) is 10.1. The first-order valence-electron chi connectivity index (χ1n) is 4.18. The summed E-state index contributed by atoms with van der Waals surface area (Å²) in [5.41, 5.74) is 5.88. The highest BCUT2D eigenvalue weighted by Gasteiger charge is 1.99. The molecule has 0 unspecified atom stereocenters. The number of nitrogens with one attached hydrogen (secondary N) is 1. The van der Waals surface area contributed by atoms with E-state index in [2.05, 4.69) is 11.9 Å². The van der Waals surface area contributed by atoms with Crippen molar-refractivity contribution in [3.05, 3.63) is 23.9 Å². The molecule has 1 rings (SSSR count). The molecular formula is C9H13N3S. The molecule has 1 aromatic rings. The van der Waals surface area contributed by atoms with Crippen LogP contribution in [0.2, 0.25) is 0 Å². The van der Waals surface area contributed by atoms with E-state index in [-0.39, 0.29) is 5.84 Å². The van der Waals surface area contributed by atoms with Crippen LogP contribution in [0.5, 0.6) is 0 Å². The summed E-state index contributed by atoms with van der Waals surface area (Å²) in [6.07, 6.45) is 1.12. The van der Waals surface area contributed by atoms with Crippen LogP contribution in [0.15, 0.2) is 23.2 Å². The Labute approximate surface area is 82.3 Å². The number of nitrogens with zero attached hydrogens (tertiary/aromatic N) is 1. The van der Waals surface area contributed by atoms with E-state index >= 15 is 0 Å². The average Bonchev–Trinajstić information content (AvgIpc) is 2.15. The van der Waals surface area contributed by atoms with Crippen molar-refractivity contribution in [3.8, 4) is 0 Å². The number of amidine groups is 1. The fourth-order valence-electron chi connectivity index (χ4n) is 0.852. The van der Waals surface area contributed by atoms with E-state index in [1.807, 2.05) is 12.1 Å². The fourth-order valence-corrected chi connectivity index (χ4v) is 1.60. The fraction of sp³-hybridized carbons (Fsp3) is 0.333. The van der Waals surface area contributed by atoms with Crippen LogP contribution in [0.1, 0.15) is 19.0 Å². The molecule has 70 valence electrons. The number of aromatic nitrogens is 1. The summed E-state index contributed by atoms with van der Waals surface area (Å²) in [5, 5.41) is 8.15. The monoisotopic (exact) mass is 195 g/mol. The summed E-state index contributed by atoms with van der Waals surface area (Å²) < 4.78 is 0. The molecule has 0 saturated heterocycles. The van der Waals surface area contributed by atoms with Crippen molar-refractivity contribution in [2.24, 2.45) is 5.73 Å². The standard InChI is InChI=1S/C9H13N3S/c1-2-6-13-8-5-3-4-7(12-8)9(10)11/h3-5H,2,6H2,1H3,(H3,10,11). The van der Waals surface area contributed by atoms with Gasteiger partial charge < -0.3 is 5.73 Å². The zero-order valence-corrected chi connectivity index (χ0v) is 8.40. The molecular weight excluding hydrogens is 182 g/mol. The Bertz CT molecular complexity index is 299. The van der Waals surface area contributed by atoms with Crippen LogP contribution in [0.3, 0.4) is 0 Å². The van der Waals surface area contributed by atoms with Crippen molar-refractivity contribution >= 4 is 17.6 Å². The number of pyridine rings is 1. The highest BCUT2D eigenvalue weighted by molar-refractivity contribution is 7.99. The topological polar surface area (TPSA) is 62.8 Å². The molecule has 0 saturated carbocycles. The Morgan fingerprint density at radius 1 is 1.62 bits per heavy atom. The van der Waals surface area contributed by atoms with Gasteiger partial charge in [-0.05, 0) is 24.3 Å². The molecule has 0 aromatic carbocycles. The van der Waals surface area contributed by atoms with Gasteiger partial charge in [0.25, 0.3) is 0 Å². The van der Waals surface area contributed by atoms with Gasteiger partial charge in [0.05, 0.1) is 5.03 Å². The molecule has 0 aliphatic heterocycles. The first-order chi connectivity index (χ1) is 6.24. The number of rotatable bonds is 4. The summed E-state index contributed by atoms with van der Waals surface area (Å²) in [7, 11) is 0. The average molecular weight is 195 g/mol. The lowest BCUT2D eigenvalue weighted by molar-refractivity contribution is 1.07. The van der Waals surface area contributed by atoms with Crippen molar-refractivity contribution in [2.45, 2.75) is 18.4 Å². The molecule has 1 aromatic heterocycles. The van der Waals surface area contributed by atoms with Gasteiger partial charge in [-0.15, -0.1) is 11.8 Å². The van der Waals surface area contributed by atoms with Gasteiger partial charge in [0.1, 0.15) is 11.5 Å². The smallest absolute Gasteiger partial charge is 0.141 e. The van der Waals surface area contributed by atoms with E-state index < -0.39 is 0 Å². The van der Waals surface area contributed by atoms with Crippen molar-refractivity contribution in [3.63, 3.8) is 0 Å². The van der Waals surface area contributed by atoms with E-state index in [0.29, 0.717) is 5.69 Å². The summed E-state index contributed by atoms with van der Waals surface area (Å²) in [6.45, 7) is 2.13. The second-order valence-corrected chi connectivity index (χ2v) is 3.74. The van der Waals surface area contributed by atoms with Gasteiger partial charge in [-0.2, -0.15) is 0 Å². The van der Waals surface area contributed by atoms with Crippen molar-refractivity contribution in [1.29, 1.82) is 5.41 Å². The number of hydrogen-bond acceptors (Lipinski definition) is 3. The molecule has 13 heavy (non-hydrogen) atoms. The van der Waals surface area contributed by atoms with Gasteiger partial charge in [0, 0.05) is 0 Å². The van der Waals surface area contributed by atoms with Gasteiger partial charge in [-0.3, -0.25) is 5.41 Å². The number of thioether (sulfide) groups is 1. The summed E-state index contributed by atoms with van der Waals surface area (Å²) in [6, 6.07) is 5.56. The molecule has 0 amide bonds. The minimum atomic E-state index is 0.0268. The van der Waals surface area contributed by atoms with E-state index in [1.54, 1.807) is 17.8 Å². The third kappa shape index (κ3) is 3.06. The van der Waals surface area contributed by atoms with Gasteiger partial charge in [-0.1, -0.05) is 13.0 Å². The molecule has 1 heterocycles. The second kappa shape index (κ2) is 4.87. The zero-order valence-electron chi connectivity index (χ0n) is 7.58. The van der Waals surface area contributed by atoms with Gasteiger partial charge in [-0.25, -0.2) is 4.98 Å². The SMILES string of the molecule is CCCSc1cccc(C(=N)N)n1. The molecule has 0 atom stereocenters. The highest BCUT2D eigenvalue weighted by atomic mass is 32.2. The maximum atomic E-state index is 7.22. The van der Waals surface area contributed by atoms with Crippen LogP contribution in [-0.4, -0.2) is 16.6 Å². The maximum absolute atomic E-state index is 7.22. The molecule has 3 nitrogen and oxygen atoms in total. The van der Waals surface area contributed by atoms with Crippen LogP contribution in [0, 0.1) is 5.41 Å². The van der Waals surface area contributed by atoms with Gasteiger partial charge >= 0.3 is 0 Å². The van der Waals surface area contributed by atoms with Crippen molar-refractivity contribution in [1.82, 2.24) is 4.98 Å². The first-order valence-corrected chi connectivity index (χ1v) is 5.17. The third-order valence-corrected chi connectivity index (χ3v) is 2.59. The molecule has 0 aliphatic rings. The lowest BCUT2D eigenvalue weighted by Gasteiger charge is -2.01. The Kier molecular flexibility index (Phi) is 3.76. The summed E-state index contributed by atoms with van der Waals surface area (Å²) in [5.74, 6) is 1.08. The largest absolute Gasteiger partial charge is 0.382 e. The van der Waals surface area contributed by atoms with Crippen LogP contribution >= 0.6 is 11.8 Å². The number of nitrogens with two attached hydrogens (primary N) is 1. The number of nitrogen functional groups attached to an aromatic ring is 1. The van der Waals surface area contributed by atoms with Crippen molar-refractivity contribution in [2.75, 3.05) is 5.75 Å². The lowest BCUT2D eigenvalue weighted by atomic mass is 10.3. The van der Waals surface area contributed by atoms with Crippen LogP contribution in [0.25, 0.3) is 0 Å². The lowest BCUT2D eigenvalue weighted by Crippen LogP contribution is -2.13. The highest BCUT2D eigenvalue weighted by Crippen LogP contribution is 2.15.